The van der Waals surface area contributed by atoms with Gasteiger partial charge < -0.3 is 11.1 Å². The molecule has 0 saturated carbocycles. The molecule has 1 atom stereocenters. The zero-order chi connectivity index (χ0) is 11.3. The van der Waals surface area contributed by atoms with E-state index in [9.17, 15) is 4.79 Å². The topological polar surface area (TPSA) is 72.9 Å². The van der Waals surface area contributed by atoms with E-state index in [0.29, 0.717) is 6.54 Å². The summed E-state index contributed by atoms with van der Waals surface area (Å²) in [5.74, 6) is 0.739. The lowest BCUT2D eigenvalue weighted by Crippen LogP contribution is -2.35. The Kier molecular flexibility index (Phi) is 4.64. The lowest BCUT2D eigenvalue weighted by molar-refractivity contribution is -0.122. The van der Waals surface area contributed by atoms with Gasteiger partial charge in [-0.3, -0.25) is 9.48 Å². The van der Waals surface area contributed by atoms with Crippen LogP contribution in [0.25, 0.3) is 0 Å². The molecule has 1 aromatic rings. The molecule has 1 heterocycles. The zero-order valence-corrected chi connectivity index (χ0v) is 9.75. The number of amides is 1. The molecule has 0 bridgehead atoms. The van der Waals surface area contributed by atoms with Crippen molar-refractivity contribution in [3.63, 3.8) is 0 Å². The van der Waals surface area contributed by atoms with Crippen molar-refractivity contribution in [1.82, 2.24) is 15.1 Å². The normalized spacial score (nSPS) is 12.5. The number of carbonyl (C=O) groups excluding carboxylic acids is 1. The molecular formula is C9H16N4OS. The third-order valence-corrected chi connectivity index (χ3v) is 2.58. The van der Waals surface area contributed by atoms with Gasteiger partial charge in [0.05, 0.1) is 6.20 Å². The fourth-order valence-corrected chi connectivity index (χ4v) is 1.44. The third-order valence-electron chi connectivity index (χ3n) is 1.97. The Morgan fingerprint density at radius 2 is 2.53 bits per heavy atom. The second kappa shape index (κ2) is 5.77. The van der Waals surface area contributed by atoms with Gasteiger partial charge in [0.25, 0.3) is 0 Å². The summed E-state index contributed by atoms with van der Waals surface area (Å²) in [6.45, 7) is 0.647. The van der Waals surface area contributed by atoms with Crippen LogP contribution < -0.4 is 11.1 Å². The molecule has 0 aromatic carbocycles. The quantitative estimate of drug-likeness (QED) is 0.690. The Hall–Kier alpha value is -1.01. The van der Waals surface area contributed by atoms with Crippen molar-refractivity contribution >= 4 is 17.7 Å². The molecule has 0 aliphatic carbocycles. The number of rotatable bonds is 5. The second-order valence-electron chi connectivity index (χ2n) is 3.21. The minimum Gasteiger partial charge on any atom is -0.354 e. The van der Waals surface area contributed by atoms with Gasteiger partial charge in [0.15, 0.2) is 0 Å². The van der Waals surface area contributed by atoms with Crippen molar-refractivity contribution in [2.45, 2.75) is 6.04 Å². The number of nitrogens with zero attached hydrogens (tertiary/aromatic N) is 2. The highest BCUT2D eigenvalue weighted by Gasteiger charge is 2.16. The number of aromatic nitrogens is 2. The molecule has 1 rings (SSSR count). The molecule has 0 radical (unpaired) electrons. The lowest BCUT2D eigenvalue weighted by Gasteiger charge is -2.09. The van der Waals surface area contributed by atoms with Crippen molar-refractivity contribution < 1.29 is 4.79 Å². The van der Waals surface area contributed by atoms with E-state index in [1.165, 1.54) is 0 Å². The molecule has 0 aliphatic heterocycles. The van der Waals surface area contributed by atoms with E-state index in [2.05, 4.69) is 10.4 Å². The monoisotopic (exact) mass is 228 g/mol. The number of nitrogens with one attached hydrogen (secondary N) is 1. The fourth-order valence-electron chi connectivity index (χ4n) is 1.14. The van der Waals surface area contributed by atoms with Crippen molar-refractivity contribution in [2.75, 3.05) is 18.6 Å². The Labute approximate surface area is 93.4 Å². The lowest BCUT2D eigenvalue weighted by atomic mass is 10.1. The maximum Gasteiger partial charge on any atom is 0.241 e. The average Bonchev–Trinajstić information content (AvgIpc) is 2.64. The molecule has 3 N–H and O–H groups in total. The highest BCUT2D eigenvalue weighted by molar-refractivity contribution is 7.98. The van der Waals surface area contributed by atoms with Gasteiger partial charge in [0.2, 0.25) is 5.91 Å². The average molecular weight is 228 g/mol. The smallest absolute Gasteiger partial charge is 0.241 e. The maximum atomic E-state index is 11.5. The predicted octanol–water partition coefficient (Wildman–Crippen LogP) is -0.101. The van der Waals surface area contributed by atoms with Gasteiger partial charge in [-0.1, -0.05) is 0 Å². The molecule has 1 unspecified atom stereocenters. The number of nitrogens with two attached hydrogens (primary N) is 1. The van der Waals surface area contributed by atoms with Crippen LogP contribution in [0, 0.1) is 0 Å². The van der Waals surface area contributed by atoms with Crippen LogP contribution in [-0.2, 0) is 11.8 Å². The van der Waals surface area contributed by atoms with Crippen LogP contribution in [0.3, 0.4) is 0 Å². The van der Waals surface area contributed by atoms with Gasteiger partial charge in [0.1, 0.15) is 6.04 Å². The highest BCUT2D eigenvalue weighted by Crippen LogP contribution is 2.07. The zero-order valence-electron chi connectivity index (χ0n) is 8.93. The van der Waals surface area contributed by atoms with Crippen molar-refractivity contribution in [3.05, 3.63) is 18.0 Å². The second-order valence-corrected chi connectivity index (χ2v) is 4.19. The summed E-state index contributed by atoms with van der Waals surface area (Å²) in [5, 5.41) is 6.74. The molecule has 0 saturated heterocycles. The first-order valence-electron chi connectivity index (χ1n) is 4.66. The van der Waals surface area contributed by atoms with Crippen LogP contribution in [-0.4, -0.2) is 34.2 Å². The predicted molar refractivity (Wildman–Crippen MR) is 61.5 cm³/mol. The van der Waals surface area contributed by atoms with E-state index >= 15 is 0 Å². The van der Waals surface area contributed by atoms with E-state index in [1.807, 2.05) is 6.26 Å². The summed E-state index contributed by atoms with van der Waals surface area (Å²) in [6.07, 6.45) is 5.35. The molecule has 1 amide bonds. The van der Waals surface area contributed by atoms with Crippen LogP contribution in [0.1, 0.15) is 11.6 Å². The number of carbonyl (C=O) groups is 1. The molecule has 1 aromatic heterocycles. The SMILES string of the molecule is CSCCNC(=O)C(N)c1cnn(C)c1. The Bertz CT molecular complexity index is 326. The summed E-state index contributed by atoms with van der Waals surface area (Å²) in [7, 11) is 1.79. The van der Waals surface area contributed by atoms with Gasteiger partial charge >= 0.3 is 0 Å². The summed E-state index contributed by atoms with van der Waals surface area (Å²) in [6, 6.07) is -0.624. The van der Waals surface area contributed by atoms with E-state index in [1.54, 1.807) is 35.9 Å². The minimum absolute atomic E-state index is 0.156. The van der Waals surface area contributed by atoms with Crippen LogP contribution >= 0.6 is 11.8 Å². The van der Waals surface area contributed by atoms with Crippen LogP contribution in [0.4, 0.5) is 0 Å². The number of hydrogen-bond donors (Lipinski definition) is 2. The molecule has 0 spiro atoms. The molecule has 0 fully saturated rings. The van der Waals surface area contributed by atoms with Gasteiger partial charge in [-0.25, -0.2) is 0 Å². The van der Waals surface area contributed by atoms with Gasteiger partial charge in [-0.2, -0.15) is 16.9 Å². The number of thioether (sulfide) groups is 1. The Balaban J connectivity index is 2.46. The van der Waals surface area contributed by atoms with Crippen molar-refractivity contribution in [3.8, 4) is 0 Å². The Morgan fingerprint density at radius 1 is 1.80 bits per heavy atom. The van der Waals surface area contributed by atoms with Gasteiger partial charge in [-0.15, -0.1) is 0 Å². The minimum atomic E-state index is -0.624. The molecule has 84 valence electrons. The van der Waals surface area contributed by atoms with Gasteiger partial charge in [-0.05, 0) is 6.26 Å². The molecule has 0 aliphatic rings. The number of hydrogen-bond acceptors (Lipinski definition) is 4. The summed E-state index contributed by atoms with van der Waals surface area (Å²) >= 11 is 1.68. The molecule has 6 heteroatoms. The third kappa shape index (κ3) is 3.56. The Morgan fingerprint density at radius 3 is 3.07 bits per heavy atom. The van der Waals surface area contributed by atoms with E-state index < -0.39 is 6.04 Å². The number of aryl methyl sites for hydroxylation is 1. The first kappa shape index (κ1) is 12.1. The van der Waals surface area contributed by atoms with Crippen molar-refractivity contribution in [1.29, 1.82) is 0 Å². The summed E-state index contributed by atoms with van der Waals surface area (Å²) < 4.78 is 1.63. The van der Waals surface area contributed by atoms with E-state index in [-0.39, 0.29) is 5.91 Å². The first-order chi connectivity index (χ1) is 7.15. The van der Waals surface area contributed by atoms with E-state index in [0.717, 1.165) is 11.3 Å². The molecule has 5 nitrogen and oxygen atoms in total. The fraction of sp³-hybridized carbons (Fsp3) is 0.556. The molecule has 15 heavy (non-hydrogen) atoms. The van der Waals surface area contributed by atoms with Gasteiger partial charge in [0, 0.05) is 31.1 Å². The molecular weight excluding hydrogens is 212 g/mol. The van der Waals surface area contributed by atoms with Crippen LogP contribution in [0.15, 0.2) is 12.4 Å². The highest BCUT2D eigenvalue weighted by atomic mass is 32.2. The standard InChI is InChI=1S/C9H16N4OS/c1-13-6-7(5-12-13)8(10)9(14)11-3-4-15-2/h5-6,8H,3-4,10H2,1-2H3,(H,11,14). The van der Waals surface area contributed by atoms with E-state index in [4.69, 9.17) is 5.73 Å². The maximum absolute atomic E-state index is 11.5. The first-order valence-corrected chi connectivity index (χ1v) is 6.05. The summed E-state index contributed by atoms with van der Waals surface area (Å²) in [4.78, 5) is 11.5. The van der Waals surface area contributed by atoms with Crippen molar-refractivity contribution in [2.24, 2.45) is 12.8 Å². The van der Waals surface area contributed by atoms with Crippen LogP contribution in [0.2, 0.25) is 0 Å². The largest absolute Gasteiger partial charge is 0.354 e. The van der Waals surface area contributed by atoms with Crippen LogP contribution in [0.5, 0.6) is 0 Å². The summed E-state index contributed by atoms with van der Waals surface area (Å²) in [5.41, 5.74) is 6.50.